The van der Waals surface area contributed by atoms with E-state index in [4.69, 9.17) is 14.6 Å². The normalized spacial score (nSPS) is 10.3. The highest BCUT2D eigenvalue weighted by Crippen LogP contribution is 2.20. The van der Waals surface area contributed by atoms with E-state index in [9.17, 15) is 9.59 Å². The molecule has 0 aliphatic rings. The van der Waals surface area contributed by atoms with E-state index < -0.39 is 5.97 Å². The van der Waals surface area contributed by atoms with Crippen molar-refractivity contribution in [2.45, 2.75) is 26.8 Å². The molecule has 0 atom stereocenters. The Hall–Kier alpha value is -2.28. The molecule has 0 aliphatic carbocycles. The Morgan fingerprint density at radius 1 is 1.29 bits per heavy atom. The van der Waals surface area contributed by atoms with E-state index in [2.05, 4.69) is 5.32 Å². The molecule has 7 heteroatoms. The van der Waals surface area contributed by atoms with E-state index in [1.54, 1.807) is 7.05 Å². The number of hydrogen-bond acceptors (Lipinski definition) is 4. The number of urea groups is 1. The van der Waals surface area contributed by atoms with Crippen LogP contribution in [0.1, 0.15) is 24.5 Å². The molecule has 0 aliphatic heterocycles. The van der Waals surface area contributed by atoms with Crippen LogP contribution in [0.2, 0.25) is 0 Å². The first-order valence-corrected chi connectivity index (χ1v) is 7.94. The monoisotopic (exact) mass is 338 g/mol. The van der Waals surface area contributed by atoms with Gasteiger partial charge in [0.25, 0.3) is 0 Å². The number of hydrogen-bond donors (Lipinski definition) is 2. The molecule has 24 heavy (non-hydrogen) atoms. The molecular formula is C17H26N2O5. The number of carboxylic acids is 1. The molecule has 0 radical (unpaired) electrons. The number of rotatable bonds is 10. The highest BCUT2D eigenvalue weighted by molar-refractivity contribution is 5.75. The summed E-state index contributed by atoms with van der Waals surface area (Å²) in [7, 11) is 1.56. The molecule has 0 unspecified atom stereocenters. The maximum Gasteiger partial charge on any atom is 0.317 e. The summed E-state index contributed by atoms with van der Waals surface area (Å²) in [5, 5.41) is 11.4. The van der Waals surface area contributed by atoms with Gasteiger partial charge in [-0.05, 0) is 25.5 Å². The summed E-state index contributed by atoms with van der Waals surface area (Å²) in [6.07, 6.45) is -0.0831. The van der Waals surface area contributed by atoms with Gasteiger partial charge in [-0.25, -0.2) is 4.79 Å². The smallest absolute Gasteiger partial charge is 0.317 e. The number of carbonyl (C=O) groups is 2. The second-order valence-electron chi connectivity index (χ2n) is 5.38. The van der Waals surface area contributed by atoms with Crippen molar-refractivity contribution < 1.29 is 24.2 Å². The Morgan fingerprint density at radius 2 is 2.04 bits per heavy atom. The Kier molecular flexibility index (Phi) is 8.64. The van der Waals surface area contributed by atoms with Gasteiger partial charge < -0.3 is 24.8 Å². The lowest BCUT2D eigenvalue weighted by molar-refractivity contribution is -0.137. The number of amides is 2. The molecule has 2 N–H and O–H groups in total. The summed E-state index contributed by atoms with van der Waals surface area (Å²) in [5.74, 6) is -0.221. The van der Waals surface area contributed by atoms with Crippen LogP contribution in [0.15, 0.2) is 18.2 Å². The molecule has 0 saturated heterocycles. The second kappa shape index (κ2) is 10.5. The molecule has 1 aromatic carbocycles. The highest BCUT2D eigenvalue weighted by atomic mass is 16.5. The van der Waals surface area contributed by atoms with Crippen molar-refractivity contribution >= 4 is 12.0 Å². The molecule has 0 bridgehead atoms. The number of aliphatic carboxylic acids is 1. The van der Waals surface area contributed by atoms with Gasteiger partial charge in [0.05, 0.1) is 13.0 Å². The second-order valence-corrected chi connectivity index (χ2v) is 5.38. The molecule has 2 amide bonds. The summed E-state index contributed by atoms with van der Waals surface area (Å²) < 4.78 is 11.0. The van der Waals surface area contributed by atoms with E-state index in [-0.39, 0.29) is 19.0 Å². The van der Waals surface area contributed by atoms with Crippen LogP contribution in [0.25, 0.3) is 0 Å². The molecule has 0 fully saturated rings. The summed E-state index contributed by atoms with van der Waals surface area (Å²) >= 11 is 0. The zero-order valence-electron chi connectivity index (χ0n) is 14.5. The molecule has 0 spiro atoms. The third-order valence-corrected chi connectivity index (χ3v) is 3.35. The predicted octanol–water partition coefficient (Wildman–Crippen LogP) is 2.03. The van der Waals surface area contributed by atoms with Crippen LogP contribution < -0.4 is 10.1 Å². The largest absolute Gasteiger partial charge is 0.491 e. The van der Waals surface area contributed by atoms with E-state index in [1.807, 2.05) is 32.0 Å². The fourth-order valence-electron chi connectivity index (χ4n) is 1.97. The van der Waals surface area contributed by atoms with Crippen molar-refractivity contribution in [1.29, 1.82) is 0 Å². The van der Waals surface area contributed by atoms with Gasteiger partial charge in [0, 0.05) is 32.3 Å². The first kappa shape index (κ1) is 19.8. The average Bonchev–Trinajstić information content (AvgIpc) is 2.55. The molecular weight excluding hydrogens is 312 g/mol. The van der Waals surface area contributed by atoms with Crippen LogP contribution in [-0.2, 0) is 16.1 Å². The summed E-state index contributed by atoms with van der Waals surface area (Å²) in [5.41, 5.74) is 1.92. The van der Waals surface area contributed by atoms with Gasteiger partial charge in [0.2, 0.25) is 0 Å². The first-order chi connectivity index (χ1) is 11.4. The minimum Gasteiger partial charge on any atom is -0.491 e. The van der Waals surface area contributed by atoms with Gasteiger partial charge in [-0.15, -0.1) is 0 Å². The van der Waals surface area contributed by atoms with Crippen molar-refractivity contribution in [3.8, 4) is 5.75 Å². The minimum absolute atomic E-state index is 0.0831. The molecule has 1 aromatic rings. The first-order valence-electron chi connectivity index (χ1n) is 7.94. The number of nitrogens with zero attached hydrogens (tertiary/aromatic N) is 1. The molecule has 0 saturated carbocycles. The van der Waals surface area contributed by atoms with Gasteiger partial charge in [0.15, 0.2) is 0 Å². The molecule has 0 heterocycles. The number of aryl methyl sites for hydroxylation is 1. The number of ether oxygens (including phenoxy) is 2. The number of carboxylic acid groups (broad SMARTS) is 1. The van der Waals surface area contributed by atoms with Gasteiger partial charge >= 0.3 is 12.0 Å². The third kappa shape index (κ3) is 7.32. The zero-order valence-corrected chi connectivity index (χ0v) is 14.5. The van der Waals surface area contributed by atoms with E-state index >= 15 is 0 Å². The highest BCUT2D eigenvalue weighted by Gasteiger charge is 2.11. The summed E-state index contributed by atoms with van der Waals surface area (Å²) in [6.45, 7) is 5.95. The van der Waals surface area contributed by atoms with Crippen LogP contribution in [-0.4, -0.2) is 55.4 Å². The Labute approximate surface area is 142 Å². The van der Waals surface area contributed by atoms with Crippen LogP contribution >= 0.6 is 0 Å². The third-order valence-electron chi connectivity index (χ3n) is 3.35. The predicted molar refractivity (Wildman–Crippen MR) is 90.3 cm³/mol. The summed E-state index contributed by atoms with van der Waals surface area (Å²) in [6, 6.07) is 5.45. The quantitative estimate of drug-likeness (QED) is 0.637. The lowest BCUT2D eigenvalue weighted by Gasteiger charge is -2.18. The molecule has 0 aromatic heterocycles. The van der Waals surface area contributed by atoms with Crippen molar-refractivity contribution in [3.05, 3.63) is 29.3 Å². The molecule has 7 nitrogen and oxygen atoms in total. The maximum absolute atomic E-state index is 12.0. The lowest BCUT2D eigenvalue weighted by Crippen LogP contribution is -2.38. The SMILES string of the molecule is CCOCCOc1cc(C)ccc1CNC(=O)N(C)CCC(=O)O. The maximum atomic E-state index is 12.0. The number of benzene rings is 1. The van der Waals surface area contributed by atoms with Gasteiger partial charge in [-0.3, -0.25) is 4.79 Å². The summed E-state index contributed by atoms with van der Waals surface area (Å²) in [4.78, 5) is 23.9. The van der Waals surface area contributed by atoms with Crippen molar-refractivity contribution in [1.82, 2.24) is 10.2 Å². The van der Waals surface area contributed by atoms with Gasteiger partial charge in [-0.2, -0.15) is 0 Å². The topological polar surface area (TPSA) is 88.1 Å². The number of nitrogens with one attached hydrogen (secondary N) is 1. The zero-order chi connectivity index (χ0) is 17.9. The van der Waals surface area contributed by atoms with Crippen molar-refractivity contribution in [3.63, 3.8) is 0 Å². The van der Waals surface area contributed by atoms with Crippen molar-refractivity contribution in [2.75, 3.05) is 33.4 Å². The lowest BCUT2D eigenvalue weighted by atomic mass is 10.1. The fourth-order valence-corrected chi connectivity index (χ4v) is 1.97. The van der Waals surface area contributed by atoms with Crippen LogP contribution in [0.5, 0.6) is 5.75 Å². The Balaban J connectivity index is 2.56. The Morgan fingerprint density at radius 3 is 2.71 bits per heavy atom. The minimum atomic E-state index is -0.932. The molecule has 1 rings (SSSR count). The van der Waals surface area contributed by atoms with Gasteiger partial charge in [0.1, 0.15) is 12.4 Å². The van der Waals surface area contributed by atoms with Crippen LogP contribution in [0.3, 0.4) is 0 Å². The van der Waals surface area contributed by atoms with E-state index in [0.717, 1.165) is 11.1 Å². The van der Waals surface area contributed by atoms with E-state index in [1.165, 1.54) is 4.90 Å². The standard InChI is InChI=1S/C17H26N2O5/c1-4-23-9-10-24-15-11-13(2)5-6-14(15)12-18-17(22)19(3)8-7-16(20)21/h5-6,11H,4,7-10,12H2,1-3H3,(H,18,22)(H,20,21). The fraction of sp³-hybridized carbons (Fsp3) is 0.529. The van der Waals surface area contributed by atoms with Crippen LogP contribution in [0, 0.1) is 6.92 Å². The Bertz CT molecular complexity index is 548. The van der Waals surface area contributed by atoms with Crippen molar-refractivity contribution in [2.24, 2.45) is 0 Å². The molecule has 134 valence electrons. The number of carbonyl (C=O) groups excluding carboxylic acids is 1. The van der Waals surface area contributed by atoms with E-state index in [0.29, 0.717) is 32.1 Å². The van der Waals surface area contributed by atoms with Gasteiger partial charge in [-0.1, -0.05) is 12.1 Å². The average molecular weight is 338 g/mol. The van der Waals surface area contributed by atoms with Crippen LogP contribution in [0.4, 0.5) is 4.79 Å².